The molecule has 1 fully saturated rings. The molecule has 88 valence electrons. The van der Waals surface area contributed by atoms with Crippen LogP contribution < -0.4 is 5.32 Å². The molecule has 1 saturated carbocycles. The molecule has 1 aliphatic carbocycles. The molecular weight excluding hydrogens is 222 g/mol. The molecule has 0 amide bonds. The Kier molecular flexibility index (Phi) is 3.41. The summed E-state index contributed by atoms with van der Waals surface area (Å²) in [5.74, 6) is 0.151. The maximum Gasteiger partial charge on any atom is 0.134 e. The number of phenols is 1. The van der Waals surface area contributed by atoms with Crippen LogP contribution in [0.25, 0.3) is 0 Å². The number of hydrogen-bond acceptors (Lipinski definition) is 2. The van der Waals surface area contributed by atoms with Crippen molar-refractivity contribution in [3.8, 4) is 5.75 Å². The summed E-state index contributed by atoms with van der Waals surface area (Å²) in [6, 6.07) is 5.36. The Labute approximate surface area is 102 Å². The first kappa shape index (κ1) is 11.7. The van der Waals surface area contributed by atoms with Gasteiger partial charge in [0, 0.05) is 13.1 Å². The van der Waals surface area contributed by atoms with E-state index in [0.29, 0.717) is 10.4 Å². The molecule has 1 aromatic carbocycles. The zero-order valence-corrected chi connectivity index (χ0v) is 10.3. The van der Waals surface area contributed by atoms with Crippen LogP contribution in [0.3, 0.4) is 0 Å². The maximum absolute atomic E-state index is 9.29. The van der Waals surface area contributed by atoms with Gasteiger partial charge in [-0.3, -0.25) is 0 Å². The Morgan fingerprint density at radius 3 is 2.75 bits per heavy atom. The van der Waals surface area contributed by atoms with Gasteiger partial charge in [0.1, 0.15) is 5.75 Å². The predicted octanol–water partition coefficient (Wildman–Crippen LogP) is 3.33. The summed E-state index contributed by atoms with van der Waals surface area (Å²) < 4.78 is 0. The Hall–Kier alpha value is -0.730. The lowest BCUT2D eigenvalue weighted by Crippen LogP contribution is -2.23. The van der Waals surface area contributed by atoms with Crippen LogP contribution in [0.15, 0.2) is 18.2 Å². The molecule has 0 unspecified atom stereocenters. The van der Waals surface area contributed by atoms with Crippen molar-refractivity contribution >= 4 is 11.6 Å². The van der Waals surface area contributed by atoms with E-state index in [0.717, 1.165) is 18.7 Å². The molecule has 0 aliphatic heterocycles. The topological polar surface area (TPSA) is 32.3 Å². The highest BCUT2D eigenvalue weighted by molar-refractivity contribution is 6.32. The third kappa shape index (κ3) is 2.69. The fourth-order valence-electron chi connectivity index (χ4n) is 1.96. The van der Waals surface area contributed by atoms with E-state index in [1.54, 1.807) is 6.07 Å². The monoisotopic (exact) mass is 239 g/mol. The molecule has 0 atom stereocenters. The number of phenolic OH excluding ortho intramolecular Hbond substituents is 1. The van der Waals surface area contributed by atoms with Crippen molar-refractivity contribution in [2.75, 3.05) is 6.54 Å². The Balaban J connectivity index is 1.83. The number of benzene rings is 1. The second kappa shape index (κ2) is 4.64. The lowest BCUT2D eigenvalue weighted by atomic mass is 10.0. The molecule has 0 heterocycles. The highest BCUT2D eigenvalue weighted by Gasteiger charge is 2.39. The van der Waals surface area contributed by atoms with Crippen molar-refractivity contribution in [1.29, 1.82) is 0 Å². The minimum atomic E-state index is 0.151. The first-order chi connectivity index (χ1) is 7.65. The lowest BCUT2D eigenvalue weighted by Gasteiger charge is -2.13. The van der Waals surface area contributed by atoms with Crippen LogP contribution in [-0.2, 0) is 6.54 Å². The molecule has 1 aliphatic rings. The molecule has 1 aromatic rings. The van der Waals surface area contributed by atoms with Gasteiger partial charge in [0.25, 0.3) is 0 Å². The quantitative estimate of drug-likeness (QED) is 0.826. The Morgan fingerprint density at radius 2 is 2.19 bits per heavy atom. The molecule has 0 radical (unpaired) electrons. The first-order valence-corrected chi connectivity index (χ1v) is 6.21. The molecule has 0 saturated heterocycles. The Bertz CT molecular complexity index is 374. The van der Waals surface area contributed by atoms with E-state index in [1.807, 2.05) is 12.1 Å². The summed E-state index contributed by atoms with van der Waals surface area (Å²) in [6.07, 6.45) is 3.97. The second-order valence-electron chi connectivity index (χ2n) is 4.74. The highest BCUT2D eigenvalue weighted by Crippen LogP contribution is 2.47. The van der Waals surface area contributed by atoms with Crippen LogP contribution in [-0.4, -0.2) is 11.7 Å². The fraction of sp³-hybridized carbons (Fsp3) is 0.538. The van der Waals surface area contributed by atoms with Crippen LogP contribution in [0, 0.1) is 5.41 Å². The van der Waals surface area contributed by atoms with Gasteiger partial charge in [-0.25, -0.2) is 0 Å². The van der Waals surface area contributed by atoms with Gasteiger partial charge in [0.2, 0.25) is 0 Å². The summed E-state index contributed by atoms with van der Waals surface area (Å²) in [5.41, 5.74) is 1.69. The van der Waals surface area contributed by atoms with Gasteiger partial charge >= 0.3 is 0 Å². The summed E-state index contributed by atoms with van der Waals surface area (Å²) >= 11 is 5.84. The third-order valence-electron chi connectivity index (χ3n) is 3.55. The van der Waals surface area contributed by atoms with Gasteiger partial charge in [-0.2, -0.15) is 0 Å². The number of rotatable bonds is 5. The van der Waals surface area contributed by atoms with Crippen LogP contribution in [0.2, 0.25) is 5.02 Å². The maximum atomic E-state index is 9.29. The SMILES string of the molecule is CCC1(CNCc2ccc(O)c(Cl)c2)CC1. The van der Waals surface area contributed by atoms with Gasteiger partial charge in [0.15, 0.2) is 0 Å². The summed E-state index contributed by atoms with van der Waals surface area (Å²) in [7, 11) is 0. The predicted molar refractivity (Wildman–Crippen MR) is 66.8 cm³/mol. The van der Waals surface area contributed by atoms with E-state index < -0.39 is 0 Å². The molecule has 0 spiro atoms. The van der Waals surface area contributed by atoms with Crippen LogP contribution in [0.5, 0.6) is 5.75 Å². The van der Waals surface area contributed by atoms with E-state index in [9.17, 15) is 5.11 Å². The summed E-state index contributed by atoms with van der Waals surface area (Å²) in [6.45, 7) is 4.16. The Morgan fingerprint density at radius 1 is 1.44 bits per heavy atom. The van der Waals surface area contributed by atoms with E-state index in [4.69, 9.17) is 11.6 Å². The average Bonchev–Trinajstić information content (AvgIpc) is 3.04. The normalized spacial score (nSPS) is 17.4. The molecule has 2 nitrogen and oxygen atoms in total. The zero-order chi connectivity index (χ0) is 11.6. The van der Waals surface area contributed by atoms with Crippen LogP contribution in [0.1, 0.15) is 31.7 Å². The number of nitrogens with one attached hydrogen (secondary N) is 1. The summed E-state index contributed by atoms with van der Waals surface area (Å²) in [5, 5.41) is 13.2. The van der Waals surface area contributed by atoms with E-state index >= 15 is 0 Å². The van der Waals surface area contributed by atoms with Crippen molar-refractivity contribution in [2.24, 2.45) is 5.41 Å². The van der Waals surface area contributed by atoms with Gasteiger partial charge in [0.05, 0.1) is 5.02 Å². The van der Waals surface area contributed by atoms with E-state index in [1.165, 1.54) is 19.3 Å². The third-order valence-corrected chi connectivity index (χ3v) is 3.85. The van der Waals surface area contributed by atoms with Crippen molar-refractivity contribution in [2.45, 2.75) is 32.7 Å². The highest BCUT2D eigenvalue weighted by atomic mass is 35.5. The molecular formula is C13H18ClNO. The fourth-order valence-corrected chi connectivity index (χ4v) is 2.17. The minimum Gasteiger partial charge on any atom is -0.506 e. The largest absolute Gasteiger partial charge is 0.506 e. The van der Waals surface area contributed by atoms with Gasteiger partial charge < -0.3 is 10.4 Å². The molecule has 0 bridgehead atoms. The number of hydrogen-bond donors (Lipinski definition) is 2. The molecule has 2 rings (SSSR count). The van der Waals surface area contributed by atoms with E-state index in [2.05, 4.69) is 12.2 Å². The second-order valence-corrected chi connectivity index (χ2v) is 5.15. The lowest BCUT2D eigenvalue weighted by molar-refractivity contribution is 0.443. The summed E-state index contributed by atoms with van der Waals surface area (Å²) in [4.78, 5) is 0. The van der Waals surface area contributed by atoms with Crippen molar-refractivity contribution in [3.05, 3.63) is 28.8 Å². The van der Waals surface area contributed by atoms with Crippen molar-refractivity contribution in [3.63, 3.8) is 0 Å². The van der Waals surface area contributed by atoms with Crippen molar-refractivity contribution in [1.82, 2.24) is 5.32 Å². The molecule has 0 aromatic heterocycles. The standard InChI is InChI=1S/C13H18ClNO/c1-2-13(5-6-13)9-15-8-10-3-4-12(16)11(14)7-10/h3-4,7,15-16H,2,5-6,8-9H2,1H3. The number of aromatic hydroxyl groups is 1. The van der Waals surface area contributed by atoms with Gasteiger partial charge in [-0.05, 0) is 42.4 Å². The number of halogens is 1. The first-order valence-electron chi connectivity index (χ1n) is 5.83. The molecule has 3 heteroatoms. The van der Waals surface area contributed by atoms with Crippen molar-refractivity contribution < 1.29 is 5.11 Å². The van der Waals surface area contributed by atoms with Crippen LogP contribution >= 0.6 is 11.6 Å². The zero-order valence-electron chi connectivity index (χ0n) is 9.59. The average molecular weight is 240 g/mol. The van der Waals surface area contributed by atoms with Gasteiger partial charge in [-0.1, -0.05) is 24.6 Å². The van der Waals surface area contributed by atoms with E-state index in [-0.39, 0.29) is 5.75 Å². The molecule has 16 heavy (non-hydrogen) atoms. The van der Waals surface area contributed by atoms with Crippen LogP contribution in [0.4, 0.5) is 0 Å². The molecule has 2 N–H and O–H groups in total. The van der Waals surface area contributed by atoms with Gasteiger partial charge in [-0.15, -0.1) is 0 Å². The minimum absolute atomic E-state index is 0.151. The smallest absolute Gasteiger partial charge is 0.134 e.